The second-order valence-electron chi connectivity index (χ2n) is 6.33. The van der Waals surface area contributed by atoms with Crippen molar-refractivity contribution in [3.8, 4) is 0 Å². The van der Waals surface area contributed by atoms with Gasteiger partial charge in [0.25, 0.3) is 5.91 Å². The molecule has 1 heterocycles. The molecule has 22 heavy (non-hydrogen) atoms. The van der Waals surface area contributed by atoms with Gasteiger partial charge in [0, 0.05) is 18.5 Å². The molecule has 0 bridgehead atoms. The summed E-state index contributed by atoms with van der Waals surface area (Å²) in [6, 6.07) is 10.3. The largest absolute Gasteiger partial charge is 0.334 e. The van der Waals surface area contributed by atoms with E-state index in [-0.39, 0.29) is 11.8 Å². The highest BCUT2D eigenvalue weighted by atomic mass is 16.2. The average Bonchev–Trinajstić information content (AvgIpc) is 2.90. The van der Waals surface area contributed by atoms with Crippen molar-refractivity contribution in [1.29, 1.82) is 0 Å². The van der Waals surface area contributed by atoms with Crippen molar-refractivity contribution in [2.45, 2.75) is 51.5 Å². The number of benzene rings is 1. The number of nitrogens with zero attached hydrogens (tertiary/aromatic N) is 2. The molecular weight excluding hydrogens is 274 g/mol. The van der Waals surface area contributed by atoms with Crippen molar-refractivity contribution >= 4 is 17.3 Å². The number of nitrogens with one attached hydrogen (secondary N) is 1. The monoisotopic (exact) mass is 299 g/mol. The SMILES string of the molecule is CCC1CN(C2CCCCC2)C(=O)/C1=N\Nc1ccccc1. The normalized spacial score (nSPS) is 25.0. The lowest BCUT2D eigenvalue weighted by molar-refractivity contribution is -0.125. The highest BCUT2D eigenvalue weighted by Gasteiger charge is 2.39. The van der Waals surface area contributed by atoms with Crippen molar-refractivity contribution in [1.82, 2.24) is 4.90 Å². The first-order valence-electron chi connectivity index (χ1n) is 8.49. The molecule has 1 saturated heterocycles. The Labute approximate surface area is 132 Å². The molecular formula is C18H25N3O. The Morgan fingerprint density at radius 1 is 1.18 bits per heavy atom. The van der Waals surface area contributed by atoms with Crippen LogP contribution in [0.1, 0.15) is 45.4 Å². The number of carbonyl (C=O) groups excluding carboxylic acids is 1. The van der Waals surface area contributed by atoms with E-state index in [2.05, 4.69) is 22.4 Å². The van der Waals surface area contributed by atoms with E-state index in [0.717, 1.165) is 31.5 Å². The van der Waals surface area contributed by atoms with E-state index >= 15 is 0 Å². The van der Waals surface area contributed by atoms with Gasteiger partial charge in [0.15, 0.2) is 0 Å². The summed E-state index contributed by atoms with van der Waals surface area (Å²) >= 11 is 0. The molecule has 1 saturated carbocycles. The number of carbonyl (C=O) groups is 1. The average molecular weight is 299 g/mol. The molecule has 4 nitrogen and oxygen atoms in total. The fourth-order valence-corrected chi connectivity index (χ4v) is 3.54. The van der Waals surface area contributed by atoms with Gasteiger partial charge in [-0.15, -0.1) is 0 Å². The molecule has 1 aliphatic carbocycles. The van der Waals surface area contributed by atoms with Crippen LogP contribution < -0.4 is 5.43 Å². The second-order valence-corrected chi connectivity index (χ2v) is 6.33. The fourth-order valence-electron chi connectivity index (χ4n) is 3.54. The molecule has 1 aromatic carbocycles. The third-order valence-electron chi connectivity index (χ3n) is 4.87. The zero-order valence-electron chi connectivity index (χ0n) is 13.3. The van der Waals surface area contributed by atoms with Crippen LogP contribution in [0, 0.1) is 5.92 Å². The summed E-state index contributed by atoms with van der Waals surface area (Å²) in [6.07, 6.45) is 7.08. The van der Waals surface area contributed by atoms with Gasteiger partial charge in [0.2, 0.25) is 0 Å². The Morgan fingerprint density at radius 3 is 2.59 bits per heavy atom. The summed E-state index contributed by atoms with van der Waals surface area (Å²) in [5, 5.41) is 4.45. The van der Waals surface area contributed by atoms with Gasteiger partial charge in [-0.25, -0.2) is 0 Å². The number of hydrazone groups is 1. The molecule has 1 unspecified atom stereocenters. The molecule has 1 atom stereocenters. The van der Waals surface area contributed by atoms with Gasteiger partial charge in [0.1, 0.15) is 5.71 Å². The van der Waals surface area contributed by atoms with Crippen LogP contribution in [0.3, 0.4) is 0 Å². The number of hydrogen-bond acceptors (Lipinski definition) is 3. The third-order valence-corrected chi connectivity index (χ3v) is 4.87. The molecule has 3 rings (SSSR count). The summed E-state index contributed by atoms with van der Waals surface area (Å²) in [7, 11) is 0. The maximum absolute atomic E-state index is 12.8. The Morgan fingerprint density at radius 2 is 1.91 bits per heavy atom. The first kappa shape index (κ1) is 15.1. The van der Waals surface area contributed by atoms with Gasteiger partial charge in [-0.3, -0.25) is 10.2 Å². The number of likely N-dealkylation sites (tertiary alicyclic amines) is 1. The fraction of sp³-hybridized carbons (Fsp3) is 0.556. The minimum atomic E-state index is 0.141. The van der Waals surface area contributed by atoms with Crippen LogP contribution in [0.2, 0.25) is 0 Å². The Hall–Kier alpha value is -1.84. The van der Waals surface area contributed by atoms with Crippen LogP contribution >= 0.6 is 0 Å². The smallest absolute Gasteiger partial charge is 0.270 e. The van der Waals surface area contributed by atoms with Crippen LogP contribution in [-0.2, 0) is 4.79 Å². The van der Waals surface area contributed by atoms with Crippen molar-refractivity contribution in [2.75, 3.05) is 12.0 Å². The molecule has 1 aromatic rings. The van der Waals surface area contributed by atoms with Gasteiger partial charge >= 0.3 is 0 Å². The molecule has 0 radical (unpaired) electrons. The maximum Gasteiger partial charge on any atom is 0.270 e. The quantitative estimate of drug-likeness (QED) is 0.862. The maximum atomic E-state index is 12.8. The predicted molar refractivity (Wildman–Crippen MR) is 89.9 cm³/mol. The molecule has 2 fully saturated rings. The molecule has 1 N–H and O–H groups in total. The van der Waals surface area contributed by atoms with E-state index in [1.54, 1.807) is 0 Å². The predicted octanol–water partition coefficient (Wildman–Crippen LogP) is 3.66. The molecule has 0 spiro atoms. The molecule has 0 aromatic heterocycles. The van der Waals surface area contributed by atoms with Crippen molar-refractivity contribution in [2.24, 2.45) is 11.0 Å². The number of para-hydroxylation sites is 1. The van der Waals surface area contributed by atoms with Gasteiger partial charge in [-0.05, 0) is 31.4 Å². The van der Waals surface area contributed by atoms with E-state index < -0.39 is 0 Å². The lowest BCUT2D eigenvalue weighted by atomic mass is 9.94. The molecule has 1 aliphatic heterocycles. The first-order valence-corrected chi connectivity index (χ1v) is 8.49. The van der Waals surface area contributed by atoms with Crippen molar-refractivity contribution in [3.63, 3.8) is 0 Å². The van der Waals surface area contributed by atoms with Crippen LogP contribution in [-0.4, -0.2) is 29.1 Å². The van der Waals surface area contributed by atoms with E-state index in [1.807, 2.05) is 30.3 Å². The highest BCUT2D eigenvalue weighted by Crippen LogP contribution is 2.28. The lowest BCUT2D eigenvalue weighted by Gasteiger charge is -2.30. The standard InChI is InChI=1S/C18H25N3O/c1-2-14-13-21(16-11-7-4-8-12-16)18(22)17(14)20-19-15-9-5-3-6-10-15/h3,5-6,9-10,14,16,19H,2,4,7-8,11-13H2,1H3/b20-17-. The zero-order valence-corrected chi connectivity index (χ0v) is 13.3. The lowest BCUT2D eigenvalue weighted by Crippen LogP contribution is -2.39. The summed E-state index contributed by atoms with van der Waals surface area (Å²) in [5.41, 5.74) is 4.68. The second kappa shape index (κ2) is 6.95. The number of hydrogen-bond donors (Lipinski definition) is 1. The molecule has 1 amide bonds. The van der Waals surface area contributed by atoms with Crippen molar-refractivity contribution < 1.29 is 4.79 Å². The van der Waals surface area contributed by atoms with Gasteiger partial charge < -0.3 is 4.90 Å². The Balaban J connectivity index is 1.73. The Bertz CT molecular complexity index is 535. The summed E-state index contributed by atoms with van der Waals surface area (Å²) in [5.74, 6) is 0.396. The van der Waals surface area contributed by atoms with Crippen LogP contribution in [0.15, 0.2) is 35.4 Å². The van der Waals surface area contributed by atoms with Crippen LogP contribution in [0.5, 0.6) is 0 Å². The van der Waals surface area contributed by atoms with E-state index in [1.165, 1.54) is 19.3 Å². The zero-order chi connectivity index (χ0) is 15.4. The topological polar surface area (TPSA) is 44.7 Å². The van der Waals surface area contributed by atoms with E-state index in [9.17, 15) is 4.79 Å². The van der Waals surface area contributed by atoms with E-state index in [4.69, 9.17) is 0 Å². The third kappa shape index (κ3) is 3.16. The first-order chi connectivity index (χ1) is 10.8. The minimum Gasteiger partial charge on any atom is -0.334 e. The van der Waals surface area contributed by atoms with Gasteiger partial charge in [-0.2, -0.15) is 5.10 Å². The van der Waals surface area contributed by atoms with Crippen LogP contribution in [0.25, 0.3) is 0 Å². The highest BCUT2D eigenvalue weighted by molar-refractivity contribution is 6.41. The van der Waals surface area contributed by atoms with Gasteiger partial charge in [-0.1, -0.05) is 44.4 Å². The number of anilines is 1. The summed E-state index contributed by atoms with van der Waals surface area (Å²) in [6.45, 7) is 2.98. The molecule has 2 aliphatic rings. The van der Waals surface area contributed by atoms with Gasteiger partial charge in [0.05, 0.1) is 5.69 Å². The number of rotatable bonds is 4. The number of amides is 1. The van der Waals surface area contributed by atoms with Crippen LogP contribution in [0.4, 0.5) is 5.69 Å². The van der Waals surface area contributed by atoms with Crippen molar-refractivity contribution in [3.05, 3.63) is 30.3 Å². The Kier molecular flexibility index (Phi) is 4.76. The van der Waals surface area contributed by atoms with E-state index in [0.29, 0.717) is 11.8 Å². The molecule has 118 valence electrons. The molecule has 4 heteroatoms. The minimum absolute atomic E-state index is 0.141. The summed E-state index contributed by atoms with van der Waals surface area (Å²) < 4.78 is 0. The summed E-state index contributed by atoms with van der Waals surface area (Å²) in [4.78, 5) is 14.8.